The summed E-state index contributed by atoms with van der Waals surface area (Å²) in [4.78, 5) is 0. The van der Waals surface area contributed by atoms with E-state index in [4.69, 9.17) is 5.63 Å². The van der Waals surface area contributed by atoms with Crippen molar-refractivity contribution in [3.05, 3.63) is 106 Å². The van der Waals surface area contributed by atoms with Gasteiger partial charge < -0.3 is 0 Å². The van der Waals surface area contributed by atoms with Crippen LogP contribution in [0.5, 0.6) is 11.5 Å². The number of hydrogen-bond donors (Lipinski definition) is 0. The van der Waals surface area contributed by atoms with Gasteiger partial charge in [0.1, 0.15) is 0 Å². The quantitative estimate of drug-likeness (QED) is 0.379. The molecule has 2 aliphatic rings. The number of benzene rings is 2. The second-order valence-corrected chi connectivity index (χ2v) is 19.4. The number of hydrogen-bond acceptors (Lipinski definition) is 2. The molecule has 0 aromatic heterocycles. The number of allylic oxidation sites excluding steroid dienone is 8. The molecule has 2 aromatic rings. The van der Waals surface area contributed by atoms with E-state index in [0.717, 1.165) is 11.5 Å². The molecule has 172 valence electrons. The van der Waals surface area contributed by atoms with Crippen LogP contribution in [0.1, 0.15) is 52.7 Å². The maximum absolute atomic E-state index is 7.36. The molecular weight excluding hydrogens is 484 g/mol. The molecule has 0 amide bonds. The first-order valence-electron chi connectivity index (χ1n) is 11.8. The fourth-order valence-electron chi connectivity index (χ4n) is 5.59. The Kier molecular flexibility index (Phi) is 6.25. The fourth-order valence-corrected chi connectivity index (χ4v) is 17.6. The zero-order valence-corrected chi connectivity index (χ0v) is 23.7. The molecule has 0 aliphatic heterocycles. The van der Waals surface area contributed by atoms with Crippen molar-refractivity contribution < 1.29 is 26.8 Å². The summed E-state index contributed by atoms with van der Waals surface area (Å²) in [5.41, 5.74) is 7.58. The molecule has 2 unspecified atom stereocenters. The van der Waals surface area contributed by atoms with Gasteiger partial charge in [0.15, 0.2) is 0 Å². The van der Waals surface area contributed by atoms with Crippen LogP contribution in [0.25, 0.3) is 0 Å². The van der Waals surface area contributed by atoms with Gasteiger partial charge in [-0.2, -0.15) is 0 Å². The monoisotopic (exact) mass is 518 g/mol. The van der Waals surface area contributed by atoms with Gasteiger partial charge in [0.25, 0.3) is 0 Å². The van der Waals surface area contributed by atoms with Crippen LogP contribution in [0.4, 0.5) is 0 Å². The van der Waals surface area contributed by atoms with Gasteiger partial charge in [0.05, 0.1) is 0 Å². The molecule has 33 heavy (non-hydrogen) atoms. The van der Waals surface area contributed by atoms with Crippen LogP contribution in [0, 0.1) is 13.8 Å². The number of aryl methyl sites for hydroxylation is 2. The average Bonchev–Trinajstić information content (AvgIpc) is 3.15. The molecule has 2 aromatic carbocycles. The Bertz CT molecular complexity index is 1120. The average molecular weight is 520 g/mol. The summed E-state index contributed by atoms with van der Waals surface area (Å²) in [5.74, 6) is 1.80. The van der Waals surface area contributed by atoms with E-state index in [2.05, 4.69) is 128 Å². The van der Waals surface area contributed by atoms with Crippen LogP contribution in [0.3, 0.4) is 0 Å². The second-order valence-electron chi connectivity index (χ2n) is 10.3. The van der Waals surface area contributed by atoms with Crippen LogP contribution in [-0.4, -0.2) is 0 Å². The second kappa shape index (κ2) is 8.59. The number of rotatable bonds is 6. The van der Waals surface area contributed by atoms with E-state index in [1.54, 1.807) is 0 Å². The van der Waals surface area contributed by atoms with E-state index in [1.807, 2.05) is 0 Å². The standard InChI is InChI=1S/2C8H11.2C7H8O.Zr/c2*1-6-4-7(2)8(3)5-6;2*1-6-3-2-4-7(8)5-6;/h2*4-5H,1-3H3;2*2-5,8H,1H3;/q;;;;+2/p-2. The third kappa shape index (κ3) is 4.03. The van der Waals surface area contributed by atoms with Crippen molar-refractivity contribution >= 4 is 0 Å². The summed E-state index contributed by atoms with van der Waals surface area (Å²) in [6.07, 6.45) is 9.42. The molecule has 0 heterocycles. The molecule has 4 rings (SSSR count). The van der Waals surface area contributed by atoms with Crippen molar-refractivity contribution in [2.45, 2.75) is 61.6 Å². The molecule has 2 aliphatic carbocycles. The van der Waals surface area contributed by atoms with Gasteiger partial charge in [-0.05, 0) is 0 Å². The van der Waals surface area contributed by atoms with E-state index in [0.29, 0.717) is 0 Å². The summed E-state index contributed by atoms with van der Waals surface area (Å²) in [7, 11) is 0. The maximum atomic E-state index is 7.36. The predicted molar refractivity (Wildman–Crippen MR) is 135 cm³/mol. The van der Waals surface area contributed by atoms with Gasteiger partial charge in [0.2, 0.25) is 0 Å². The SMILES string of the molecule is CC1=C[C](C)([Zr]([O]c2cccc(C)c2)([O]c2cccc(C)c2)[C]2(C)C=C(C)C=C2C)C(C)=C1. The zero-order valence-electron chi connectivity index (χ0n) is 21.2. The molecule has 2 nitrogen and oxygen atoms in total. The first kappa shape index (κ1) is 24.0. The third-order valence-corrected chi connectivity index (χ3v) is 19.4. The zero-order chi connectivity index (χ0) is 24.0. The van der Waals surface area contributed by atoms with Crippen LogP contribution >= 0.6 is 0 Å². The first-order valence-corrected chi connectivity index (χ1v) is 16.2. The summed E-state index contributed by atoms with van der Waals surface area (Å²) in [6, 6.07) is 16.8. The van der Waals surface area contributed by atoms with Crippen molar-refractivity contribution in [2.75, 3.05) is 0 Å². The van der Waals surface area contributed by atoms with E-state index in [9.17, 15) is 0 Å². The minimum absolute atomic E-state index is 0.294. The van der Waals surface area contributed by atoms with Gasteiger partial charge in [-0.25, -0.2) is 0 Å². The van der Waals surface area contributed by atoms with Gasteiger partial charge in [-0.1, -0.05) is 0 Å². The Morgan fingerprint density at radius 2 is 1.00 bits per heavy atom. The molecule has 2 atom stereocenters. The first-order chi connectivity index (χ1) is 15.5. The molecular formula is C30H36O2Zr. The van der Waals surface area contributed by atoms with Crippen LogP contribution in [0.2, 0.25) is 6.25 Å². The summed E-state index contributed by atoms with van der Waals surface area (Å²) in [5, 5.41) is 0. The predicted octanol–water partition coefficient (Wildman–Crippen LogP) is 8.91. The van der Waals surface area contributed by atoms with E-state index in [1.165, 1.54) is 33.4 Å². The van der Waals surface area contributed by atoms with Crippen molar-refractivity contribution in [1.82, 2.24) is 0 Å². The summed E-state index contributed by atoms with van der Waals surface area (Å²) >= 11 is -4.30. The molecule has 0 radical (unpaired) electrons. The molecule has 0 saturated carbocycles. The van der Waals surface area contributed by atoms with Crippen molar-refractivity contribution in [1.29, 1.82) is 0 Å². The summed E-state index contributed by atoms with van der Waals surface area (Å²) < 4.78 is 14.1. The Hall–Kier alpha value is -2.12. The topological polar surface area (TPSA) is 18.5 Å². The van der Waals surface area contributed by atoms with Crippen LogP contribution in [-0.2, 0) is 21.1 Å². The molecule has 0 saturated heterocycles. The van der Waals surface area contributed by atoms with Gasteiger partial charge in [-0.15, -0.1) is 0 Å². The Labute approximate surface area is 205 Å². The van der Waals surface area contributed by atoms with E-state index >= 15 is 0 Å². The third-order valence-electron chi connectivity index (χ3n) is 7.43. The van der Waals surface area contributed by atoms with Gasteiger partial charge in [-0.3, -0.25) is 0 Å². The Morgan fingerprint density at radius 1 is 0.606 bits per heavy atom. The molecule has 0 N–H and O–H groups in total. The summed E-state index contributed by atoms with van der Waals surface area (Å²) in [6.45, 7) is 17.8. The van der Waals surface area contributed by atoms with Gasteiger partial charge >= 0.3 is 206 Å². The molecule has 3 heteroatoms. The normalized spacial score (nSPS) is 24.7. The van der Waals surface area contributed by atoms with Crippen molar-refractivity contribution in [3.63, 3.8) is 0 Å². The van der Waals surface area contributed by atoms with Crippen molar-refractivity contribution in [2.24, 2.45) is 0 Å². The molecule has 0 fully saturated rings. The molecule has 0 spiro atoms. The van der Waals surface area contributed by atoms with Crippen LogP contribution < -0.4 is 5.63 Å². The van der Waals surface area contributed by atoms with Crippen LogP contribution in [0.15, 0.2) is 95.1 Å². The Morgan fingerprint density at radius 3 is 1.30 bits per heavy atom. The minimum atomic E-state index is -4.30. The Balaban J connectivity index is 2.03. The van der Waals surface area contributed by atoms with Gasteiger partial charge in [0, 0.05) is 0 Å². The van der Waals surface area contributed by atoms with E-state index < -0.39 is 21.1 Å². The van der Waals surface area contributed by atoms with Crippen molar-refractivity contribution in [3.8, 4) is 11.5 Å². The van der Waals surface area contributed by atoms with E-state index in [-0.39, 0.29) is 6.25 Å². The molecule has 0 bridgehead atoms. The fraction of sp³-hybridized carbons (Fsp3) is 0.333.